The average molecular weight is 438 g/mol. The Kier molecular flexibility index (Phi) is 5.75. The molecule has 5 rings (SSSR count). The summed E-state index contributed by atoms with van der Waals surface area (Å²) in [6.07, 6.45) is 6.02. The maximum Gasteiger partial charge on any atom is 0.311 e. The van der Waals surface area contributed by atoms with Gasteiger partial charge in [0.1, 0.15) is 6.10 Å². The number of aliphatic hydroxyl groups is 1. The molecule has 2 heterocycles. The number of allylic oxidation sites excluding steroid dienone is 1. The Morgan fingerprint density at radius 3 is 2.62 bits per heavy atom. The Balaban J connectivity index is 1.25. The lowest BCUT2D eigenvalue weighted by Crippen LogP contribution is -2.55. The molecule has 5 heteroatoms. The highest BCUT2D eigenvalue weighted by molar-refractivity contribution is 5.97. The molecule has 5 nitrogen and oxygen atoms in total. The van der Waals surface area contributed by atoms with Gasteiger partial charge in [0.2, 0.25) is 0 Å². The van der Waals surface area contributed by atoms with Crippen LogP contribution in [0, 0.1) is 29.1 Å². The number of Topliss-reactive ketones (excluding diaryl/α,β-unsaturated/α-hetero) is 1. The molecule has 0 bridgehead atoms. The van der Waals surface area contributed by atoms with E-state index in [-0.39, 0.29) is 41.0 Å². The molecule has 1 N–H and O–H groups in total. The van der Waals surface area contributed by atoms with Gasteiger partial charge < -0.3 is 14.7 Å². The van der Waals surface area contributed by atoms with Gasteiger partial charge in [-0.3, -0.25) is 9.59 Å². The zero-order chi connectivity index (χ0) is 22.5. The number of ether oxygens (including phenoxy) is 1. The highest BCUT2D eigenvalue weighted by Gasteiger charge is 2.59. The van der Waals surface area contributed by atoms with Crippen molar-refractivity contribution in [2.75, 3.05) is 19.6 Å². The number of hydrogen-bond donors (Lipinski definition) is 1. The molecular weight excluding hydrogens is 402 g/mol. The van der Waals surface area contributed by atoms with E-state index in [9.17, 15) is 14.7 Å². The van der Waals surface area contributed by atoms with Gasteiger partial charge in [-0.15, -0.1) is 0 Å². The largest absolute Gasteiger partial charge is 0.461 e. The van der Waals surface area contributed by atoms with Gasteiger partial charge in [-0.1, -0.05) is 55.8 Å². The molecule has 2 aliphatic heterocycles. The first-order valence-corrected chi connectivity index (χ1v) is 12.3. The summed E-state index contributed by atoms with van der Waals surface area (Å²) < 4.78 is 5.82. The van der Waals surface area contributed by atoms with Crippen LogP contribution in [0.5, 0.6) is 0 Å². The number of fused-ring (bicyclic) bond motifs is 2. The Hall–Kier alpha value is -1.98. The van der Waals surface area contributed by atoms with Crippen molar-refractivity contribution < 1.29 is 19.4 Å². The first-order valence-electron chi connectivity index (χ1n) is 12.3. The molecular formula is C27H35NO4. The number of carbonyl (C=O) groups is 2. The predicted octanol–water partition coefficient (Wildman–Crippen LogP) is 3.87. The van der Waals surface area contributed by atoms with E-state index in [0.29, 0.717) is 12.5 Å². The van der Waals surface area contributed by atoms with Crippen LogP contribution in [0.1, 0.15) is 56.3 Å². The minimum absolute atomic E-state index is 0.0480. The van der Waals surface area contributed by atoms with Gasteiger partial charge in [0, 0.05) is 35.8 Å². The molecule has 4 aliphatic rings. The van der Waals surface area contributed by atoms with Crippen LogP contribution in [0.3, 0.4) is 0 Å². The minimum Gasteiger partial charge on any atom is -0.461 e. The molecule has 1 saturated carbocycles. The van der Waals surface area contributed by atoms with Crippen LogP contribution in [0.4, 0.5) is 0 Å². The third kappa shape index (κ3) is 3.54. The van der Waals surface area contributed by atoms with Crippen molar-refractivity contribution in [2.45, 2.75) is 58.2 Å². The molecule has 0 amide bonds. The van der Waals surface area contributed by atoms with E-state index in [1.807, 2.05) is 30.3 Å². The van der Waals surface area contributed by atoms with E-state index in [1.54, 1.807) is 0 Å². The molecule has 3 fully saturated rings. The fourth-order valence-corrected chi connectivity index (χ4v) is 6.77. The highest BCUT2D eigenvalue weighted by atomic mass is 16.6. The first-order chi connectivity index (χ1) is 15.4. The van der Waals surface area contributed by atoms with Crippen LogP contribution < -0.4 is 0 Å². The van der Waals surface area contributed by atoms with E-state index in [0.717, 1.165) is 50.8 Å². The summed E-state index contributed by atoms with van der Waals surface area (Å²) in [5.41, 5.74) is 1.80. The molecule has 2 aliphatic carbocycles. The summed E-state index contributed by atoms with van der Waals surface area (Å²) in [4.78, 5) is 28.0. The van der Waals surface area contributed by atoms with Gasteiger partial charge in [0.15, 0.2) is 5.78 Å². The number of nitrogens with zero attached hydrogens (tertiary/aromatic N) is 1. The molecule has 6 atom stereocenters. The maximum atomic E-state index is 12.9. The summed E-state index contributed by atoms with van der Waals surface area (Å²) in [5, 5.41) is 11.5. The number of carbonyl (C=O) groups excluding carboxylic acids is 2. The number of piperidine rings is 1. The van der Waals surface area contributed by atoms with E-state index in [4.69, 9.17) is 4.74 Å². The van der Waals surface area contributed by atoms with Crippen LogP contribution >= 0.6 is 0 Å². The summed E-state index contributed by atoms with van der Waals surface area (Å²) in [7, 11) is 0. The topological polar surface area (TPSA) is 66.8 Å². The second-order valence-electron chi connectivity index (χ2n) is 10.6. The van der Waals surface area contributed by atoms with Crippen molar-refractivity contribution in [3.8, 4) is 0 Å². The van der Waals surface area contributed by atoms with E-state index >= 15 is 0 Å². The molecule has 1 aromatic carbocycles. The smallest absolute Gasteiger partial charge is 0.311 e. The van der Waals surface area contributed by atoms with Crippen LogP contribution in [0.2, 0.25) is 0 Å². The number of ketones is 1. The van der Waals surface area contributed by atoms with Gasteiger partial charge in [-0.25, -0.2) is 0 Å². The second-order valence-corrected chi connectivity index (χ2v) is 10.6. The molecule has 32 heavy (non-hydrogen) atoms. The Labute approximate surface area is 190 Å². The van der Waals surface area contributed by atoms with Gasteiger partial charge >= 0.3 is 5.97 Å². The van der Waals surface area contributed by atoms with Crippen molar-refractivity contribution in [1.82, 2.24) is 4.90 Å². The van der Waals surface area contributed by atoms with E-state index in [2.05, 4.69) is 24.8 Å². The monoisotopic (exact) mass is 437 g/mol. The van der Waals surface area contributed by atoms with Gasteiger partial charge in [-0.2, -0.15) is 0 Å². The molecule has 0 unspecified atom stereocenters. The zero-order valence-corrected chi connectivity index (χ0v) is 19.2. The molecule has 2 saturated heterocycles. The fourth-order valence-electron chi connectivity index (χ4n) is 6.77. The van der Waals surface area contributed by atoms with Crippen molar-refractivity contribution >= 4 is 11.8 Å². The van der Waals surface area contributed by atoms with E-state index in [1.165, 1.54) is 5.57 Å². The van der Waals surface area contributed by atoms with Crippen LogP contribution in [-0.4, -0.2) is 53.6 Å². The van der Waals surface area contributed by atoms with Gasteiger partial charge in [0.05, 0.1) is 12.0 Å². The summed E-state index contributed by atoms with van der Waals surface area (Å²) in [6, 6.07) is 9.54. The second kappa shape index (κ2) is 8.42. The van der Waals surface area contributed by atoms with Crippen LogP contribution in [0.15, 0.2) is 42.0 Å². The highest BCUT2D eigenvalue weighted by Crippen LogP contribution is 2.56. The van der Waals surface area contributed by atoms with Crippen LogP contribution in [-0.2, 0) is 9.53 Å². The fraction of sp³-hybridized carbons (Fsp3) is 0.630. The lowest BCUT2D eigenvalue weighted by Gasteiger charge is -2.52. The lowest BCUT2D eigenvalue weighted by molar-refractivity contribution is -0.145. The Morgan fingerprint density at radius 1 is 1.19 bits per heavy atom. The molecule has 0 spiro atoms. The summed E-state index contributed by atoms with van der Waals surface area (Å²) in [5.74, 6) is 0.0862. The van der Waals surface area contributed by atoms with Crippen LogP contribution in [0.25, 0.3) is 0 Å². The summed E-state index contributed by atoms with van der Waals surface area (Å²) >= 11 is 0. The predicted molar refractivity (Wildman–Crippen MR) is 122 cm³/mol. The quantitative estimate of drug-likeness (QED) is 0.440. The van der Waals surface area contributed by atoms with Crippen molar-refractivity contribution in [3.63, 3.8) is 0 Å². The number of benzene rings is 1. The number of esters is 1. The Morgan fingerprint density at radius 2 is 1.91 bits per heavy atom. The zero-order valence-electron chi connectivity index (χ0n) is 19.2. The molecule has 172 valence electrons. The van der Waals surface area contributed by atoms with Crippen molar-refractivity contribution in [3.05, 3.63) is 47.5 Å². The number of hydrogen-bond acceptors (Lipinski definition) is 5. The van der Waals surface area contributed by atoms with E-state index < -0.39 is 6.10 Å². The van der Waals surface area contributed by atoms with Gasteiger partial charge in [-0.05, 0) is 44.7 Å². The first kappa shape index (κ1) is 21.8. The standard InChI is InChI=1S/C27H35NO4/c1-17-7-6-10-20-15-22-23(25(30)27(17,20)2)21(26(31)32-22)16-28-13-11-19(12-14-28)24(29)18-8-4-3-5-9-18/h3-5,8-10,17,19,21-23,25,30H,6-7,11-16H2,1-2H3/t17-,21+,22-,23+,25+,27-/m1/s1. The molecule has 0 aromatic heterocycles. The van der Waals surface area contributed by atoms with Crippen molar-refractivity contribution in [1.29, 1.82) is 0 Å². The third-order valence-corrected chi connectivity index (χ3v) is 9.04. The number of aliphatic hydroxyl groups excluding tert-OH is 1. The minimum atomic E-state index is -0.559. The van der Waals surface area contributed by atoms with Crippen molar-refractivity contribution in [2.24, 2.45) is 29.1 Å². The number of rotatable bonds is 4. The SMILES string of the molecule is C[C@@H]1CCC=C2C[C@H]3OC(=O)[C@@H](CN4CCC(C(=O)c5ccccc5)CC4)[C@@H]3[C@H](O)[C@@]21C. The number of likely N-dealkylation sites (tertiary alicyclic amines) is 1. The third-order valence-electron chi connectivity index (χ3n) is 9.04. The summed E-state index contributed by atoms with van der Waals surface area (Å²) in [6.45, 7) is 6.65. The normalized spacial score (nSPS) is 37.9. The molecule has 0 radical (unpaired) electrons. The average Bonchev–Trinajstić information content (AvgIpc) is 3.11. The molecule has 1 aromatic rings. The maximum absolute atomic E-state index is 12.9. The van der Waals surface area contributed by atoms with Gasteiger partial charge in [0.25, 0.3) is 0 Å². The Bertz CT molecular complexity index is 903. The lowest BCUT2D eigenvalue weighted by atomic mass is 9.55.